The van der Waals surface area contributed by atoms with E-state index < -0.39 is 10.0 Å². The van der Waals surface area contributed by atoms with Gasteiger partial charge in [0.15, 0.2) is 0 Å². The van der Waals surface area contributed by atoms with Crippen LogP contribution in [0.25, 0.3) is 0 Å². The molecule has 8 heteroatoms. The maximum Gasteiger partial charge on any atom is 0.247 e. The van der Waals surface area contributed by atoms with E-state index in [1.54, 1.807) is 11.4 Å². The van der Waals surface area contributed by atoms with Crippen molar-refractivity contribution in [3.8, 4) is 0 Å². The summed E-state index contributed by atoms with van der Waals surface area (Å²) >= 11 is 1.12. The number of rotatable bonds is 5. The minimum Gasteiger partial charge on any atom is -0.361 e. The first kappa shape index (κ1) is 13.2. The van der Waals surface area contributed by atoms with Crippen molar-refractivity contribution in [3.63, 3.8) is 0 Å². The Bertz CT molecular complexity index is 630. The number of nitrogens with two attached hydrogens (primary N) is 1. The Balaban J connectivity index is 1.97. The summed E-state index contributed by atoms with van der Waals surface area (Å²) in [7, 11) is -3.64. The van der Waals surface area contributed by atoms with Crippen LogP contribution in [0.4, 0.5) is 0 Å². The Morgan fingerprint density at radius 1 is 1.50 bits per heavy atom. The van der Waals surface area contributed by atoms with E-state index in [4.69, 9.17) is 9.66 Å². The van der Waals surface area contributed by atoms with Gasteiger partial charge in [0.1, 0.15) is 9.97 Å². The third kappa shape index (κ3) is 3.16. The van der Waals surface area contributed by atoms with Crippen LogP contribution in [0.3, 0.4) is 0 Å². The SMILES string of the molecule is Cc1cc(CNCc2ccsc2S(N)(=O)=O)no1. The van der Waals surface area contributed by atoms with Crippen molar-refractivity contribution in [1.29, 1.82) is 0 Å². The molecule has 0 radical (unpaired) electrons. The summed E-state index contributed by atoms with van der Waals surface area (Å²) in [6.07, 6.45) is 0. The number of hydrogen-bond donors (Lipinski definition) is 2. The van der Waals surface area contributed by atoms with Crippen molar-refractivity contribution in [2.24, 2.45) is 5.14 Å². The molecule has 0 atom stereocenters. The summed E-state index contributed by atoms with van der Waals surface area (Å²) in [5.74, 6) is 0.743. The van der Waals surface area contributed by atoms with Gasteiger partial charge in [-0.3, -0.25) is 0 Å². The Morgan fingerprint density at radius 2 is 2.28 bits per heavy atom. The Morgan fingerprint density at radius 3 is 2.89 bits per heavy atom. The van der Waals surface area contributed by atoms with E-state index in [-0.39, 0.29) is 4.21 Å². The summed E-state index contributed by atoms with van der Waals surface area (Å²) in [5, 5.41) is 13.7. The minimum absolute atomic E-state index is 0.200. The van der Waals surface area contributed by atoms with Gasteiger partial charge in [-0.25, -0.2) is 13.6 Å². The number of aryl methyl sites for hydroxylation is 1. The van der Waals surface area contributed by atoms with Crippen molar-refractivity contribution in [3.05, 3.63) is 34.5 Å². The highest BCUT2D eigenvalue weighted by atomic mass is 32.2. The van der Waals surface area contributed by atoms with Crippen LogP contribution in [0.15, 0.2) is 26.2 Å². The molecule has 0 aromatic carbocycles. The number of thiophene rings is 1. The van der Waals surface area contributed by atoms with Crippen molar-refractivity contribution in [2.45, 2.75) is 24.2 Å². The zero-order chi connectivity index (χ0) is 13.2. The highest BCUT2D eigenvalue weighted by Crippen LogP contribution is 2.21. The Kier molecular flexibility index (Phi) is 3.81. The fourth-order valence-corrected chi connectivity index (χ4v) is 3.39. The Labute approximate surface area is 109 Å². The van der Waals surface area contributed by atoms with E-state index in [0.717, 1.165) is 22.8 Å². The predicted molar refractivity (Wildman–Crippen MR) is 67.5 cm³/mol. The largest absolute Gasteiger partial charge is 0.361 e. The van der Waals surface area contributed by atoms with Crippen LogP contribution in [-0.2, 0) is 23.1 Å². The average molecular weight is 287 g/mol. The van der Waals surface area contributed by atoms with E-state index in [0.29, 0.717) is 18.7 Å². The lowest BCUT2D eigenvalue weighted by Gasteiger charge is -2.02. The summed E-state index contributed by atoms with van der Waals surface area (Å²) in [6.45, 7) is 2.74. The fraction of sp³-hybridized carbons (Fsp3) is 0.300. The molecule has 18 heavy (non-hydrogen) atoms. The summed E-state index contributed by atoms with van der Waals surface area (Å²) in [5.41, 5.74) is 1.45. The zero-order valence-corrected chi connectivity index (χ0v) is 11.3. The van der Waals surface area contributed by atoms with E-state index >= 15 is 0 Å². The van der Waals surface area contributed by atoms with Crippen molar-refractivity contribution >= 4 is 21.4 Å². The van der Waals surface area contributed by atoms with Crippen LogP contribution >= 0.6 is 11.3 Å². The predicted octanol–water partition coefficient (Wildman–Crippen LogP) is 0.982. The molecule has 2 aromatic rings. The molecule has 0 aliphatic heterocycles. The molecule has 0 fully saturated rings. The molecule has 2 aromatic heterocycles. The second-order valence-corrected chi connectivity index (χ2v) is 6.48. The second kappa shape index (κ2) is 5.19. The van der Waals surface area contributed by atoms with Crippen molar-refractivity contribution in [1.82, 2.24) is 10.5 Å². The number of nitrogens with zero attached hydrogens (tertiary/aromatic N) is 1. The standard InChI is InChI=1S/C10H13N3O3S2/c1-7-4-9(13-16-7)6-12-5-8-2-3-17-10(8)18(11,14)15/h2-4,12H,5-6H2,1H3,(H2,11,14,15). The van der Waals surface area contributed by atoms with Gasteiger partial charge in [-0.1, -0.05) is 5.16 Å². The molecule has 0 saturated carbocycles. The monoisotopic (exact) mass is 287 g/mol. The fourth-order valence-electron chi connectivity index (χ4n) is 1.53. The van der Waals surface area contributed by atoms with Gasteiger partial charge >= 0.3 is 0 Å². The number of hydrogen-bond acceptors (Lipinski definition) is 6. The third-order valence-electron chi connectivity index (χ3n) is 2.26. The van der Waals surface area contributed by atoms with Gasteiger partial charge in [-0.05, 0) is 23.9 Å². The molecule has 0 spiro atoms. The van der Waals surface area contributed by atoms with Crippen molar-refractivity contribution in [2.75, 3.05) is 0 Å². The lowest BCUT2D eigenvalue weighted by atomic mass is 10.3. The van der Waals surface area contributed by atoms with Gasteiger partial charge in [0.25, 0.3) is 0 Å². The first-order valence-corrected chi connectivity index (χ1v) is 7.61. The maximum atomic E-state index is 11.3. The number of aromatic nitrogens is 1. The third-order valence-corrected chi connectivity index (χ3v) is 4.78. The van der Waals surface area contributed by atoms with E-state index in [1.165, 1.54) is 0 Å². The van der Waals surface area contributed by atoms with E-state index in [2.05, 4.69) is 10.5 Å². The smallest absolute Gasteiger partial charge is 0.247 e. The van der Waals surface area contributed by atoms with Crippen LogP contribution in [0.5, 0.6) is 0 Å². The quantitative estimate of drug-likeness (QED) is 0.854. The van der Waals surface area contributed by atoms with Crippen LogP contribution in [-0.4, -0.2) is 13.6 Å². The first-order chi connectivity index (χ1) is 8.47. The number of sulfonamides is 1. The van der Waals surface area contributed by atoms with Crippen LogP contribution in [0.2, 0.25) is 0 Å². The van der Waals surface area contributed by atoms with Gasteiger partial charge in [0.2, 0.25) is 10.0 Å². The zero-order valence-electron chi connectivity index (χ0n) is 9.71. The molecule has 0 bridgehead atoms. The molecule has 0 amide bonds. The molecule has 6 nitrogen and oxygen atoms in total. The topological polar surface area (TPSA) is 98.2 Å². The molecule has 0 aliphatic carbocycles. The van der Waals surface area contributed by atoms with E-state index in [1.807, 2.05) is 13.0 Å². The van der Waals surface area contributed by atoms with Crippen LogP contribution in [0, 0.1) is 6.92 Å². The summed E-state index contributed by atoms with van der Waals surface area (Å²) in [4.78, 5) is 0. The molecule has 98 valence electrons. The second-order valence-electron chi connectivity index (χ2n) is 3.81. The van der Waals surface area contributed by atoms with Crippen molar-refractivity contribution < 1.29 is 12.9 Å². The summed E-state index contributed by atoms with van der Waals surface area (Å²) in [6, 6.07) is 3.56. The molecule has 0 unspecified atom stereocenters. The first-order valence-electron chi connectivity index (χ1n) is 5.19. The van der Waals surface area contributed by atoms with Crippen LogP contribution in [0.1, 0.15) is 17.0 Å². The maximum absolute atomic E-state index is 11.3. The molecule has 3 N–H and O–H groups in total. The average Bonchev–Trinajstić information content (AvgIpc) is 2.86. The molecular formula is C10H13N3O3S2. The minimum atomic E-state index is -3.64. The lowest BCUT2D eigenvalue weighted by Crippen LogP contribution is -2.17. The highest BCUT2D eigenvalue weighted by Gasteiger charge is 2.15. The van der Waals surface area contributed by atoms with Gasteiger partial charge in [0.05, 0.1) is 5.69 Å². The van der Waals surface area contributed by atoms with Gasteiger partial charge in [-0.15, -0.1) is 11.3 Å². The molecule has 0 aliphatic rings. The molecule has 2 rings (SSSR count). The number of nitrogens with one attached hydrogen (secondary N) is 1. The number of primary sulfonamides is 1. The summed E-state index contributed by atoms with van der Waals surface area (Å²) < 4.78 is 27.7. The van der Waals surface area contributed by atoms with E-state index in [9.17, 15) is 8.42 Å². The molecule has 2 heterocycles. The lowest BCUT2D eigenvalue weighted by molar-refractivity contribution is 0.388. The Hall–Kier alpha value is -1.22. The molecular weight excluding hydrogens is 274 g/mol. The highest BCUT2D eigenvalue weighted by molar-refractivity contribution is 7.91. The van der Waals surface area contributed by atoms with Gasteiger partial charge < -0.3 is 9.84 Å². The normalized spacial score (nSPS) is 11.9. The van der Waals surface area contributed by atoms with Gasteiger partial charge in [-0.2, -0.15) is 0 Å². The van der Waals surface area contributed by atoms with Gasteiger partial charge in [0, 0.05) is 19.2 Å². The molecule has 0 saturated heterocycles. The van der Waals surface area contributed by atoms with Crippen LogP contribution < -0.4 is 10.5 Å².